The first-order valence-corrected chi connectivity index (χ1v) is 6.94. The summed E-state index contributed by atoms with van der Waals surface area (Å²) in [5.41, 5.74) is -0.00928. The Morgan fingerprint density at radius 3 is 2.59 bits per heavy atom. The maximum absolute atomic E-state index is 11.9. The summed E-state index contributed by atoms with van der Waals surface area (Å²) in [6.45, 7) is 2.19. The van der Waals surface area contributed by atoms with Crippen LogP contribution >= 0.6 is 0 Å². The van der Waals surface area contributed by atoms with Crippen LogP contribution in [-0.2, 0) is 0 Å². The standard InChI is InChI=1S/C13H21N3O/c1-9(10-5-3-2-4-6-10)16-12(11-7-8-11)14-15-13(16)17/h9-11H,2-8H2,1H3,(H,15,17)/t9-/m0/s1. The van der Waals surface area contributed by atoms with Crippen molar-refractivity contribution >= 4 is 0 Å². The molecule has 3 rings (SSSR count). The van der Waals surface area contributed by atoms with E-state index in [0.29, 0.717) is 17.9 Å². The van der Waals surface area contributed by atoms with Crippen LogP contribution in [0.5, 0.6) is 0 Å². The van der Waals surface area contributed by atoms with Crippen molar-refractivity contribution in [2.24, 2.45) is 5.92 Å². The van der Waals surface area contributed by atoms with Crippen molar-refractivity contribution in [1.82, 2.24) is 14.8 Å². The molecule has 1 aromatic rings. The first kappa shape index (κ1) is 11.1. The summed E-state index contributed by atoms with van der Waals surface area (Å²) in [4.78, 5) is 11.9. The minimum atomic E-state index is -0.00928. The molecule has 0 amide bonds. The van der Waals surface area contributed by atoms with E-state index in [4.69, 9.17) is 0 Å². The third kappa shape index (κ3) is 2.05. The molecule has 1 heterocycles. The first-order valence-electron chi connectivity index (χ1n) is 6.94. The Kier molecular flexibility index (Phi) is 2.81. The van der Waals surface area contributed by atoms with Gasteiger partial charge in [0.2, 0.25) is 0 Å². The van der Waals surface area contributed by atoms with Crippen LogP contribution in [0.1, 0.15) is 69.7 Å². The molecule has 2 saturated carbocycles. The minimum absolute atomic E-state index is 0.00928. The largest absolute Gasteiger partial charge is 0.343 e. The summed E-state index contributed by atoms with van der Waals surface area (Å²) in [6.07, 6.45) is 8.93. The van der Waals surface area contributed by atoms with Gasteiger partial charge in [0.05, 0.1) is 0 Å². The van der Waals surface area contributed by atoms with E-state index in [1.165, 1.54) is 44.9 Å². The number of nitrogens with one attached hydrogen (secondary N) is 1. The predicted molar refractivity (Wildman–Crippen MR) is 66.1 cm³/mol. The zero-order chi connectivity index (χ0) is 11.8. The van der Waals surface area contributed by atoms with Gasteiger partial charge in [-0.1, -0.05) is 19.3 Å². The van der Waals surface area contributed by atoms with Gasteiger partial charge >= 0.3 is 5.69 Å². The highest BCUT2D eigenvalue weighted by Crippen LogP contribution is 2.40. The number of hydrogen-bond acceptors (Lipinski definition) is 2. The summed E-state index contributed by atoms with van der Waals surface area (Å²) in [6, 6.07) is 0.317. The SMILES string of the molecule is C[C@@H](C1CCCCC1)n1c(C2CC2)n[nH]c1=O. The van der Waals surface area contributed by atoms with Crippen LogP contribution in [0, 0.1) is 5.92 Å². The molecule has 0 aliphatic heterocycles. The van der Waals surface area contributed by atoms with Gasteiger partial charge in [-0.15, -0.1) is 0 Å². The average molecular weight is 235 g/mol. The Hall–Kier alpha value is -1.06. The Morgan fingerprint density at radius 2 is 1.94 bits per heavy atom. The van der Waals surface area contributed by atoms with Crippen LogP contribution in [0.4, 0.5) is 0 Å². The fourth-order valence-electron chi connectivity index (χ4n) is 3.17. The van der Waals surface area contributed by atoms with Gasteiger partial charge in [0.15, 0.2) is 0 Å². The lowest BCUT2D eigenvalue weighted by atomic mass is 9.84. The molecule has 2 aliphatic carbocycles. The predicted octanol–water partition coefficient (Wildman–Crippen LogP) is 2.59. The van der Waals surface area contributed by atoms with E-state index < -0.39 is 0 Å². The van der Waals surface area contributed by atoms with Crippen molar-refractivity contribution in [3.8, 4) is 0 Å². The Labute approximate surface area is 101 Å². The molecular formula is C13H21N3O. The fraction of sp³-hybridized carbons (Fsp3) is 0.846. The number of aromatic amines is 1. The second-order valence-corrected chi connectivity index (χ2v) is 5.67. The molecule has 0 unspecified atom stereocenters. The highest BCUT2D eigenvalue weighted by Gasteiger charge is 2.33. The van der Waals surface area contributed by atoms with Crippen molar-refractivity contribution < 1.29 is 0 Å². The molecule has 0 saturated heterocycles. The van der Waals surface area contributed by atoms with Crippen molar-refractivity contribution in [2.45, 2.75) is 63.8 Å². The maximum atomic E-state index is 11.9. The van der Waals surface area contributed by atoms with Crippen molar-refractivity contribution in [3.05, 3.63) is 16.3 Å². The van der Waals surface area contributed by atoms with Gasteiger partial charge in [-0.25, -0.2) is 9.89 Å². The highest BCUT2D eigenvalue weighted by atomic mass is 16.1. The third-order valence-electron chi connectivity index (χ3n) is 4.41. The molecule has 0 spiro atoms. The van der Waals surface area contributed by atoms with Crippen LogP contribution in [0.25, 0.3) is 0 Å². The molecule has 2 aliphatic rings. The van der Waals surface area contributed by atoms with Crippen molar-refractivity contribution in [3.63, 3.8) is 0 Å². The van der Waals surface area contributed by atoms with Gasteiger partial charge in [-0.3, -0.25) is 4.57 Å². The number of aromatic nitrogens is 3. The molecule has 1 aromatic heterocycles. The van der Waals surface area contributed by atoms with Gasteiger partial charge in [-0.05, 0) is 38.5 Å². The zero-order valence-electron chi connectivity index (χ0n) is 10.5. The highest BCUT2D eigenvalue weighted by molar-refractivity contribution is 5.06. The molecule has 1 atom stereocenters. The second-order valence-electron chi connectivity index (χ2n) is 5.67. The lowest BCUT2D eigenvalue weighted by Gasteiger charge is -2.28. The smallest absolute Gasteiger partial charge is 0.276 e. The van der Waals surface area contributed by atoms with Gasteiger partial charge in [0.1, 0.15) is 5.82 Å². The first-order chi connectivity index (χ1) is 8.27. The van der Waals surface area contributed by atoms with Crippen molar-refractivity contribution in [2.75, 3.05) is 0 Å². The molecule has 0 bridgehead atoms. The van der Waals surface area contributed by atoms with Crippen LogP contribution in [0.2, 0.25) is 0 Å². The normalized spacial score (nSPS) is 23.8. The van der Waals surface area contributed by atoms with Gasteiger partial charge in [0.25, 0.3) is 0 Å². The summed E-state index contributed by atoms with van der Waals surface area (Å²) in [5, 5.41) is 6.86. The van der Waals surface area contributed by atoms with E-state index in [-0.39, 0.29) is 5.69 Å². The number of H-pyrrole nitrogens is 1. The van der Waals surface area contributed by atoms with Crippen molar-refractivity contribution in [1.29, 1.82) is 0 Å². The lowest BCUT2D eigenvalue weighted by Crippen LogP contribution is -2.28. The molecule has 94 valence electrons. The second kappa shape index (κ2) is 4.31. The summed E-state index contributed by atoms with van der Waals surface area (Å²) < 4.78 is 1.94. The molecule has 4 nitrogen and oxygen atoms in total. The molecular weight excluding hydrogens is 214 g/mol. The van der Waals surface area contributed by atoms with Crippen LogP contribution < -0.4 is 5.69 Å². The zero-order valence-corrected chi connectivity index (χ0v) is 10.5. The van der Waals surface area contributed by atoms with Crippen LogP contribution in [-0.4, -0.2) is 14.8 Å². The summed E-state index contributed by atoms with van der Waals surface area (Å²) >= 11 is 0. The van der Waals surface area contributed by atoms with E-state index in [2.05, 4.69) is 17.1 Å². The quantitative estimate of drug-likeness (QED) is 0.875. The number of nitrogens with zero attached hydrogens (tertiary/aromatic N) is 2. The molecule has 0 radical (unpaired) electrons. The Balaban J connectivity index is 1.86. The van der Waals surface area contributed by atoms with E-state index in [1.54, 1.807) is 0 Å². The Bertz CT molecular complexity index is 438. The summed E-state index contributed by atoms with van der Waals surface area (Å²) in [5.74, 6) is 2.21. The van der Waals surface area contributed by atoms with E-state index in [0.717, 1.165) is 5.82 Å². The van der Waals surface area contributed by atoms with Gasteiger partial charge in [-0.2, -0.15) is 5.10 Å². The van der Waals surface area contributed by atoms with Crippen LogP contribution in [0.15, 0.2) is 4.79 Å². The number of hydrogen-bond donors (Lipinski definition) is 1. The lowest BCUT2D eigenvalue weighted by molar-refractivity contribution is 0.256. The van der Waals surface area contributed by atoms with E-state index in [9.17, 15) is 4.79 Å². The average Bonchev–Trinajstić information content (AvgIpc) is 3.13. The minimum Gasteiger partial charge on any atom is -0.276 e. The molecule has 1 N–H and O–H groups in total. The van der Waals surface area contributed by atoms with Crippen LogP contribution in [0.3, 0.4) is 0 Å². The van der Waals surface area contributed by atoms with E-state index >= 15 is 0 Å². The summed E-state index contributed by atoms with van der Waals surface area (Å²) in [7, 11) is 0. The maximum Gasteiger partial charge on any atom is 0.343 e. The number of rotatable bonds is 3. The molecule has 2 fully saturated rings. The molecule has 0 aromatic carbocycles. The molecule has 17 heavy (non-hydrogen) atoms. The van der Waals surface area contributed by atoms with Gasteiger partial charge in [0, 0.05) is 12.0 Å². The monoisotopic (exact) mass is 235 g/mol. The fourth-order valence-corrected chi connectivity index (χ4v) is 3.17. The van der Waals surface area contributed by atoms with Gasteiger partial charge < -0.3 is 0 Å². The molecule has 4 heteroatoms. The third-order valence-corrected chi connectivity index (χ3v) is 4.41. The van der Waals surface area contributed by atoms with E-state index in [1.807, 2.05) is 4.57 Å². The Morgan fingerprint density at radius 1 is 1.24 bits per heavy atom. The topological polar surface area (TPSA) is 50.7 Å².